The third kappa shape index (κ3) is 3.45. The zero-order valence-electron chi connectivity index (χ0n) is 12.8. The molecule has 3 nitrogen and oxygen atoms in total. The quantitative estimate of drug-likeness (QED) is 0.894. The van der Waals surface area contributed by atoms with Gasteiger partial charge in [-0.2, -0.15) is 0 Å². The van der Waals surface area contributed by atoms with E-state index in [1.807, 2.05) is 11.3 Å². The van der Waals surface area contributed by atoms with Crippen LogP contribution in [0, 0.1) is 0 Å². The summed E-state index contributed by atoms with van der Waals surface area (Å²) in [4.78, 5) is 6.44. The first-order valence-corrected chi connectivity index (χ1v) is 9.06. The van der Waals surface area contributed by atoms with E-state index in [1.165, 1.54) is 9.35 Å². The minimum Gasteiger partial charge on any atom is -0.326 e. The second-order valence-corrected chi connectivity index (χ2v) is 7.86. The van der Waals surface area contributed by atoms with Crippen molar-refractivity contribution in [3.63, 3.8) is 0 Å². The molecular formula is C15H26BrN3S. The van der Waals surface area contributed by atoms with E-state index in [2.05, 4.69) is 65.0 Å². The normalized spacial score (nSPS) is 28.5. The first-order valence-electron chi connectivity index (χ1n) is 7.39. The fourth-order valence-electron chi connectivity index (χ4n) is 3.04. The van der Waals surface area contributed by atoms with E-state index in [4.69, 9.17) is 5.73 Å². The highest BCUT2D eigenvalue weighted by Crippen LogP contribution is 2.34. The lowest BCUT2D eigenvalue weighted by molar-refractivity contribution is 0.0264. The highest BCUT2D eigenvalue weighted by atomic mass is 79.9. The van der Waals surface area contributed by atoms with Crippen molar-refractivity contribution in [1.82, 2.24) is 9.80 Å². The molecule has 0 bridgehead atoms. The number of piperazine rings is 1. The third-order valence-corrected chi connectivity index (χ3v) is 6.30. The summed E-state index contributed by atoms with van der Waals surface area (Å²) in [7, 11) is 2.23. The first-order chi connectivity index (χ1) is 9.43. The minimum absolute atomic E-state index is 0.198. The van der Waals surface area contributed by atoms with Gasteiger partial charge in [0.05, 0.1) is 6.04 Å². The molecule has 1 aromatic rings. The highest BCUT2D eigenvalue weighted by Gasteiger charge is 2.34. The van der Waals surface area contributed by atoms with Crippen LogP contribution in [-0.4, -0.2) is 48.1 Å². The van der Waals surface area contributed by atoms with Crippen LogP contribution in [0.15, 0.2) is 15.9 Å². The number of rotatable bonds is 4. The summed E-state index contributed by atoms with van der Waals surface area (Å²) in [5.41, 5.74) is 6.45. The van der Waals surface area contributed by atoms with Crippen molar-refractivity contribution < 1.29 is 0 Å². The predicted molar refractivity (Wildman–Crippen MR) is 91.3 cm³/mol. The van der Waals surface area contributed by atoms with E-state index in [0.717, 1.165) is 19.5 Å². The van der Waals surface area contributed by atoms with Crippen molar-refractivity contribution in [2.75, 3.05) is 20.1 Å². The Morgan fingerprint density at radius 2 is 2.00 bits per heavy atom. The van der Waals surface area contributed by atoms with Gasteiger partial charge in [0.25, 0.3) is 0 Å². The van der Waals surface area contributed by atoms with Crippen LogP contribution in [0.2, 0.25) is 0 Å². The number of hydrogen-bond acceptors (Lipinski definition) is 4. The van der Waals surface area contributed by atoms with Crippen molar-refractivity contribution in [2.45, 2.75) is 51.4 Å². The van der Waals surface area contributed by atoms with Crippen LogP contribution in [0.5, 0.6) is 0 Å². The summed E-state index contributed by atoms with van der Waals surface area (Å²) < 4.78 is 1.17. The van der Waals surface area contributed by atoms with Gasteiger partial charge in [0, 0.05) is 45.9 Å². The lowest BCUT2D eigenvalue weighted by Crippen LogP contribution is -2.57. The van der Waals surface area contributed by atoms with Gasteiger partial charge in [-0.25, -0.2) is 0 Å². The van der Waals surface area contributed by atoms with Crippen LogP contribution in [0.25, 0.3) is 0 Å². The van der Waals surface area contributed by atoms with Crippen LogP contribution in [0.4, 0.5) is 0 Å². The summed E-state index contributed by atoms with van der Waals surface area (Å²) >= 11 is 5.39. The number of nitrogens with zero attached hydrogens (tertiary/aromatic N) is 2. The molecule has 2 N–H and O–H groups in total. The Balaban J connectivity index is 2.23. The molecule has 1 aliphatic heterocycles. The molecule has 4 unspecified atom stereocenters. The van der Waals surface area contributed by atoms with Gasteiger partial charge in [-0.1, -0.05) is 6.92 Å². The molecular weight excluding hydrogens is 334 g/mol. The van der Waals surface area contributed by atoms with Crippen LogP contribution in [0.1, 0.15) is 38.1 Å². The van der Waals surface area contributed by atoms with E-state index in [9.17, 15) is 0 Å². The van der Waals surface area contributed by atoms with Gasteiger partial charge in [0.15, 0.2) is 0 Å². The van der Waals surface area contributed by atoms with Crippen molar-refractivity contribution in [2.24, 2.45) is 5.73 Å². The molecule has 5 heteroatoms. The van der Waals surface area contributed by atoms with Crippen molar-refractivity contribution in [3.8, 4) is 0 Å². The van der Waals surface area contributed by atoms with E-state index in [0.29, 0.717) is 18.1 Å². The van der Waals surface area contributed by atoms with E-state index >= 15 is 0 Å². The molecule has 1 aromatic heterocycles. The summed E-state index contributed by atoms with van der Waals surface area (Å²) in [5.74, 6) is 0. The monoisotopic (exact) mass is 359 g/mol. The molecule has 2 rings (SSSR count). The van der Waals surface area contributed by atoms with E-state index in [-0.39, 0.29) is 6.04 Å². The smallest absolute Gasteiger partial charge is 0.0594 e. The first kappa shape index (κ1) is 16.4. The largest absolute Gasteiger partial charge is 0.326 e. The van der Waals surface area contributed by atoms with Gasteiger partial charge >= 0.3 is 0 Å². The maximum absolute atomic E-state index is 6.45. The third-order valence-electron chi connectivity index (χ3n) is 4.54. The maximum Gasteiger partial charge on any atom is 0.0594 e. The summed E-state index contributed by atoms with van der Waals surface area (Å²) in [6.45, 7) is 8.98. The maximum atomic E-state index is 6.45. The average Bonchev–Trinajstić information content (AvgIpc) is 2.82. The molecule has 0 aliphatic carbocycles. The molecule has 114 valence electrons. The van der Waals surface area contributed by atoms with Gasteiger partial charge in [0.1, 0.15) is 0 Å². The zero-order valence-corrected chi connectivity index (χ0v) is 15.2. The van der Waals surface area contributed by atoms with Gasteiger partial charge in [-0.05, 0) is 49.3 Å². The van der Waals surface area contributed by atoms with Crippen molar-refractivity contribution in [3.05, 3.63) is 20.8 Å². The minimum atomic E-state index is 0.198. The van der Waals surface area contributed by atoms with Crippen molar-refractivity contribution in [1.29, 1.82) is 0 Å². The lowest BCUT2D eigenvalue weighted by atomic mass is 9.99. The van der Waals surface area contributed by atoms with Crippen LogP contribution in [0.3, 0.4) is 0 Å². The van der Waals surface area contributed by atoms with Gasteiger partial charge in [-0.3, -0.25) is 9.80 Å². The fourth-order valence-corrected chi connectivity index (χ4v) is 4.69. The van der Waals surface area contributed by atoms with E-state index in [1.54, 1.807) is 0 Å². The molecule has 2 heterocycles. The lowest BCUT2D eigenvalue weighted by Gasteiger charge is -2.46. The number of nitrogens with two attached hydrogens (primary N) is 1. The summed E-state index contributed by atoms with van der Waals surface area (Å²) in [6.07, 6.45) is 1.01. The number of hydrogen-bond donors (Lipinski definition) is 1. The Kier molecular flexibility index (Phi) is 5.65. The van der Waals surface area contributed by atoms with Gasteiger partial charge in [-0.15, -0.1) is 11.3 Å². The number of likely N-dealkylation sites (N-methyl/N-ethyl adjacent to an activating group) is 1. The van der Waals surface area contributed by atoms with Gasteiger partial charge < -0.3 is 5.73 Å². The Morgan fingerprint density at radius 1 is 1.40 bits per heavy atom. The molecule has 0 amide bonds. The molecule has 4 atom stereocenters. The highest BCUT2D eigenvalue weighted by molar-refractivity contribution is 9.10. The average molecular weight is 360 g/mol. The van der Waals surface area contributed by atoms with Crippen LogP contribution < -0.4 is 5.73 Å². The molecule has 20 heavy (non-hydrogen) atoms. The summed E-state index contributed by atoms with van der Waals surface area (Å²) in [5, 5.41) is 2.16. The molecule has 1 saturated heterocycles. The van der Waals surface area contributed by atoms with Gasteiger partial charge in [0.2, 0.25) is 0 Å². The number of thiophene rings is 1. The second-order valence-electron chi connectivity index (χ2n) is 6.00. The Morgan fingerprint density at radius 3 is 2.45 bits per heavy atom. The molecule has 0 radical (unpaired) electrons. The molecule has 0 aromatic carbocycles. The summed E-state index contributed by atoms with van der Waals surface area (Å²) in [6, 6.07) is 3.93. The molecule has 0 spiro atoms. The SMILES string of the molecule is CCC(N)C(c1cc(Br)cs1)N1CC(C)N(C)C(C)C1. The Hall–Kier alpha value is 0.0600. The Bertz CT molecular complexity index is 425. The molecule has 1 aliphatic rings. The second kappa shape index (κ2) is 6.88. The number of halogens is 1. The topological polar surface area (TPSA) is 32.5 Å². The van der Waals surface area contributed by atoms with Crippen LogP contribution in [-0.2, 0) is 0 Å². The van der Waals surface area contributed by atoms with Crippen molar-refractivity contribution >= 4 is 27.3 Å². The van der Waals surface area contributed by atoms with E-state index < -0.39 is 0 Å². The Labute approximate surface area is 135 Å². The fraction of sp³-hybridized carbons (Fsp3) is 0.733. The predicted octanol–water partition coefficient (Wildman–Crippen LogP) is 3.31. The standard InChI is InChI=1S/C15H26BrN3S/c1-5-13(17)15(14-6-12(16)9-20-14)19-7-10(2)18(4)11(3)8-19/h6,9-11,13,15H,5,7-8,17H2,1-4H3. The molecule has 0 saturated carbocycles. The van der Waals surface area contributed by atoms with Crippen LogP contribution >= 0.6 is 27.3 Å². The molecule has 1 fully saturated rings. The zero-order chi connectivity index (χ0) is 14.9.